The van der Waals surface area contributed by atoms with Gasteiger partial charge in [-0.1, -0.05) is 38.5 Å². The Hall–Kier alpha value is -0.560. The van der Waals surface area contributed by atoms with Gasteiger partial charge in [-0.2, -0.15) is 0 Å². The molecule has 1 heteroatoms. The normalized spacial score (nSPS) is 17.7. The average Bonchev–Trinajstić information content (AvgIpc) is 2.32. The van der Waals surface area contributed by atoms with Crippen LogP contribution < -0.4 is 0 Å². The molecule has 0 saturated heterocycles. The number of aliphatic hydroxyl groups excluding tert-OH is 1. The van der Waals surface area contributed by atoms with Crippen molar-refractivity contribution in [3.05, 3.63) is 23.3 Å². The molecule has 68 valence electrons. The zero-order chi connectivity index (χ0) is 9.19. The van der Waals surface area contributed by atoms with Gasteiger partial charge in [0.25, 0.3) is 0 Å². The van der Waals surface area contributed by atoms with Crippen LogP contribution in [0.2, 0.25) is 0 Å². The smallest absolute Gasteiger partial charge is 0.0647 e. The highest BCUT2D eigenvalue weighted by molar-refractivity contribution is 5.31. The Bertz CT molecular complexity index is 216. The fourth-order valence-corrected chi connectivity index (χ4v) is 1.56. The number of hydrogen-bond acceptors (Lipinski definition) is 1. The van der Waals surface area contributed by atoms with Crippen LogP contribution in [-0.4, -0.2) is 11.7 Å². The molecule has 0 atom stereocenters. The minimum Gasteiger partial charge on any atom is -0.392 e. The monoisotopic (exact) mass is 166 g/mol. The van der Waals surface area contributed by atoms with Crippen molar-refractivity contribution >= 4 is 0 Å². The Morgan fingerprint density at radius 1 is 1.25 bits per heavy atom. The van der Waals surface area contributed by atoms with Crippen LogP contribution in [0.5, 0.6) is 0 Å². The minimum atomic E-state index is 0.212. The molecular weight excluding hydrogens is 148 g/mol. The molecule has 1 aliphatic carbocycles. The Kier molecular flexibility index (Phi) is 2.73. The molecule has 0 saturated carbocycles. The van der Waals surface area contributed by atoms with E-state index in [4.69, 9.17) is 5.11 Å². The van der Waals surface area contributed by atoms with E-state index < -0.39 is 0 Å². The summed E-state index contributed by atoms with van der Waals surface area (Å²) in [6.07, 6.45) is 6.30. The second-order valence-electron chi connectivity index (χ2n) is 4.72. The summed E-state index contributed by atoms with van der Waals surface area (Å²) in [4.78, 5) is 0. The van der Waals surface area contributed by atoms with Gasteiger partial charge >= 0.3 is 0 Å². The summed E-state index contributed by atoms with van der Waals surface area (Å²) in [5, 5.41) is 8.88. The van der Waals surface area contributed by atoms with Crippen molar-refractivity contribution in [3.63, 3.8) is 0 Å². The molecule has 0 radical (unpaired) electrons. The highest BCUT2D eigenvalue weighted by Crippen LogP contribution is 2.30. The second-order valence-corrected chi connectivity index (χ2v) is 4.72. The predicted molar refractivity (Wildman–Crippen MR) is 51.9 cm³/mol. The molecule has 0 unspecified atom stereocenters. The third-order valence-electron chi connectivity index (χ3n) is 1.97. The molecule has 0 bridgehead atoms. The summed E-state index contributed by atoms with van der Waals surface area (Å²) in [5.41, 5.74) is 2.96. The second kappa shape index (κ2) is 3.44. The van der Waals surface area contributed by atoms with Crippen molar-refractivity contribution in [2.24, 2.45) is 5.41 Å². The zero-order valence-corrected chi connectivity index (χ0v) is 8.22. The summed E-state index contributed by atoms with van der Waals surface area (Å²) < 4.78 is 0. The van der Waals surface area contributed by atoms with Gasteiger partial charge < -0.3 is 5.11 Å². The highest BCUT2D eigenvalue weighted by atomic mass is 16.3. The number of aliphatic hydroxyl groups is 1. The van der Waals surface area contributed by atoms with Gasteiger partial charge in [-0.15, -0.1) is 0 Å². The van der Waals surface area contributed by atoms with Crippen molar-refractivity contribution in [2.75, 3.05) is 6.61 Å². The van der Waals surface area contributed by atoms with Crippen LogP contribution in [0.3, 0.4) is 0 Å². The summed E-state index contributed by atoms with van der Waals surface area (Å²) in [6.45, 7) is 6.94. The van der Waals surface area contributed by atoms with Crippen LogP contribution in [0.1, 0.15) is 33.6 Å². The van der Waals surface area contributed by atoms with Crippen LogP contribution >= 0.6 is 0 Å². The van der Waals surface area contributed by atoms with E-state index in [1.807, 2.05) is 6.08 Å². The first-order chi connectivity index (χ1) is 5.51. The van der Waals surface area contributed by atoms with E-state index in [0.717, 1.165) is 18.4 Å². The fourth-order valence-electron chi connectivity index (χ4n) is 1.56. The molecule has 12 heavy (non-hydrogen) atoms. The lowest BCUT2D eigenvalue weighted by atomic mass is 9.87. The van der Waals surface area contributed by atoms with Crippen molar-refractivity contribution in [2.45, 2.75) is 33.6 Å². The third kappa shape index (κ3) is 2.82. The first-order valence-electron chi connectivity index (χ1n) is 4.49. The quantitative estimate of drug-likeness (QED) is 0.668. The van der Waals surface area contributed by atoms with Crippen molar-refractivity contribution in [1.29, 1.82) is 0 Å². The lowest BCUT2D eigenvalue weighted by molar-refractivity contribution is 0.327. The van der Waals surface area contributed by atoms with Gasteiger partial charge in [-0.25, -0.2) is 0 Å². The number of allylic oxidation sites excluding steroid dienone is 3. The lowest BCUT2D eigenvalue weighted by Crippen LogP contribution is -2.05. The molecule has 0 spiro atoms. The van der Waals surface area contributed by atoms with Crippen molar-refractivity contribution in [3.8, 4) is 0 Å². The number of rotatable bonds is 2. The van der Waals surface area contributed by atoms with Crippen LogP contribution in [0, 0.1) is 5.41 Å². The summed E-state index contributed by atoms with van der Waals surface area (Å²) in [5.74, 6) is 0. The van der Waals surface area contributed by atoms with Gasteiger partial charge in [0.05, 0.1) is 6.61 Å². The summed E-state index contributed by atoms with van der Waals surface area (Å²) >= 11 is 0. The molecule has 0 heterocycles. The Morgan fingerprint density at radius 2 is 1.83 bits per heavy atom. The topological polar surface area (TPSA) is 20.2 Å². The largest absolute Gasteiger partial charge is 0.392 e. The van der Waals surface area contributed by atoms with Gasteiger partial charge in [-0.3, -0.25) is 0 Å². The molecular formula is C11H18O. The molecule has 0 fully saturated rings. The van der Waals surface area contributed by atoms with Crippen molar-refractivity contribution < 1.29 is 5.11 Å². The molecule has 1 rings (SSSR count). The maximum atomic E-state index is 8.88. The standard InChI is InChI=1S/C11H18O/c1-11(2,3)7-9-4-5-10(6-9)8-12/h4-5,12H,6-8H2,1-3H3. The zero-order valence-electron chi connectivity index (χ0n) is 8.22. The average molecular weight is 166 g/mol. The van der Waals surface area contributed by atoms with Gasteiger partial charge in [0.2, 0.25) is 0 Å². The Labute approximate surface area is 74.8 Å². The van der Waals surface area contributed by atoms with Crippen LogP contribution in [0.4, 0.5) is 0 Å². The van der Waals surface area contributed by atoms with Gasteiger partial charge in [-0.05, 0) is 23.8 Å². The van der Waals surface area contributed by atoms with Gasteiger partial charge in [0, 0.05) is 0 Å². The van der Waals surface area contributed by atoms with E-state index in [0.29, 0.717) is 5.41 Å². The SMILES string of the molecule is CC(C)(C)CC1=CC=C(CO)C1. The number of hydrogen-bond donors (Lipinski definition) is 1. The molecule has 0 aromatic carbocycles. The summed E-state index contributed by atoms with van der Waals surface area (Å²) in [7, 11) is 0. The molecule has 1 aliphatic rings. The summed E-state index contributed by atoms with van der Waals surface area (Å²) in [6, 6.07) is 0. The van der Waals surface area contributed by atoms with Crippen LogP contribution in [0.25, 0.3) is 0 Å². The first kappa shape index (κ1) is 9.53. The first-order valence-corrected chi connectivity index (χ1v) is 4.49. The van der Waals surface area contributed by atoms with Gasteiger partial charge in [0.1, 0.15) is 0 Å². The van der Waals surface area contributed by atoms with E-state index in [1.165, 1.54) is 5.57 Å². The van der Waals surface area contributed by atoms with Crippen LogP contribution in [0.15, 0.2) is 23.3 Å². The minimum absolute atomic E-state index is 0.212. The molecule has 1 nitrogen and oxygen atoms in total. The predicted octanol–water partition coefficient (Wildman–Crippen LogP) is 2.67. The van der Waals surface area contributed by atoms with E-state index in [-0.39, 0.29) is 6.61 Å². The Morgan fingerprint density at radius 3 is 2.25 bits per heavy atom. The lowest BCUT2D eigenvalue weighted by Gasteiger charge is -2.18. The Balaban J connectivity index is 2.42. The fraction of sp³-hybridized carbons (Fsp3) is 0.636. The van der Waals surface area contributed by atoms with Crippen LogP contribution in [-0.2, 0) is 0 Å². The molecule has 0 aromatic heterocycles. The van der Waals surface area contributed by atoms with E-state index in [2.05, 4.69) is 26.8 Å². The van der Waals surface area contributed by atoms with Gasteiger partial charge in [0.15, 0.2) is 0 Å². The maximum absolute atomic E-state index is 8.88. The van der Waals surface area contributed by atoms with E-state index in [1.54, 1.807) is 0 Å². The van der Waals surface area contributed by atoms with E-state index >= 15 is 0 Å². The van der Waals surface area contributed by atoms with Crippen molar-refractivity contribution in [1.82, 2.24) is 0 Å². The highest BCUT2D eigenvalue weighted by Gasteiger charge is 2.15. The molecule has 0 aliphatic heterocycles. The maximum Gasteiger partial charge on any atom is 0.0647 e. The molecule has 0 aromatic rings. The third-order valence-corrected chi connectivity index (χ3v) is 1.97. The molecule has 0 amide bonds. The van der Waals surface area contributed by atoms with E-state index in [9.17, 15) is 0 Å². The molecule has 1 N–H and O–H groups in total.